The van der Waals surface area contributed by atoms with Crippen molar-refractivity contribution in [2.24, 2.45) is 5.92 Å². The van der Waals surface area contributed by atoms with E-state index in [1.807, 2.05) is 12.2 Å². The molecule has 1 heterocycles. The molecule has 4 heteroatoms. The van der Waals surface area contributed by atoms with Crippen LogP contribution in [0.2, 0.25) is 0 Å². The summed E-state index contributed by atoms with van der Waals surface area (Å²) in [5.74, 6) is 0.0478. The maximum absolute atomic E-state index is 11.8. The Morgan fingerprint density at radius 1 is 1.10 bits per heavy atom. The van der Waals surface area contributed by atoms with Crippen molar-refractivity contribution in [3.63, 3.8) is 0 Å². The highest BCUT2D eigenvalue weighted by atomic mass is 16.2. The molecule has 0 radical (unpaired) electrons. The first-order chi connectivity index (χ1) is 10.1. The molecule has 0 aromatic heterocycles. The van der Waals surface area contributed by atoms with Gasteiger partial charge in [-0.1, -0.05) is 31.6 Å². The molecule has 0 bridgehead atoms. The van der Waals surface area contributed by atoms with Gasteiger partial charge in [0.15, 0.2) is 5.78 Å². The third-order valence-corrected chi connectivity index (χ3v) is 3.88. The lowest BCUT2D eigenvalue weighted by Gasteiger charge is -2.21. The molecule has 1 unspecified atom stereocenters. The van der Waals surface area contributed by atoms with E-state index in [1.54, 1.807) is 11.1 Å². The molecule has 0 aromatic rings. The predicted molar refractivity (Wildman–Crippen MR) is 80.3 cm³/mol. The molecule has 21 heavy (non-hydrogen) atoms. The number of hydrogen-bond donors (Lipinski definition) is 0. The molecule has 0 N–H and O–H groups in total. The zero-order chi connectivity index (χ0) is 15.2. The molecule has 1 amide bonds. The average molecular weight is 287 g/mol. The van der Waals surface area contributed by atoms with Crippen LogP contribution in [-0.4, -0.2) is 28.9 Å². The molecule has 112 valence electrons. The molecule has 0 saturated carbocycles. The molecule has 2 aliphatic rings. The summed E-state index contributed by atoms with van der Waals surface area (Å²) in [4.78, 5) is 36.0. The lowest BCUT2D eigenvalue weighted by atomic mass is 9.88. The van der Waals surface area contributed by atoms with Crippen molar-refractivity contribution in [2.75, 3.05) is 6.54 Å². The van der Waals surface area contributed by atoms with Crippen LogP contribution in [0.25, 0.3) is 0 Å². The van der Waals surface area contributed by atoms with E-state index in [-0.39, 0.29) is 29.8 Å². The fourth-order valence-corrected chi connectivity index (χ4v) is 2.62. The summed E-state index contributed by atoms with van der Waals surface area (Å²) in [6, 6.07) is 0. The third-order valence-electron chi connectivity index (χ3n) is 3.88. The van der Waals surface area contributed by atoms with Crippen molar-refractivity contribution in [3.8, 4) is 0 Å². The number of allylic oxidation sites excluding steroid dienone is 4. The van der Waals surface area contributed by atoms with E-state index in [0.29, 0.717) is 13.0 Å². The van der Waals surface area contributed by atoms with Gasteiger partial charge in [0.25, 0.3) is 0 Å². The SMILES string of the molecule is C=C1C=CC(CCCCCN2C=CC(=O)CC2=O)C(=O)C1. The Bertz CT molecular complexity index is 470. The number of carbonyl (C=O) groups is 3. The Labute approximate surface area is 125 Å². The van der Waals surface area contributed by atoms with Gasteiger partial charge in [0.1, 0.15) is 5.78 Å². The quantitative estimate of drug-likeness (QED) is 0.557. The van der Waals surface area contributed by atoms with Crippen molar-refractivity contribution >= 4 is 17.5 Å². The second-order valence-corrected chi connectivity index (χ2v) is 5.66. The molecule has 1 aliphatic heterocycles. The Kier molecular flexibility index (Phi) is 5.26. The minimum atomic E-state index is -0.125. The van der Waals surface area contributed by atoms with Gasteiger partial charge in [0, 0.05) is 25.1 Å². The van der Waals surface area contributed by atoms with Crippen molar-refractivity contribution in [1.29, 1.82) is 0 Å². The van der Waals surface area contributed by atoms with E-state index in [2.05, 4.69) is 6.58 Å². The van der Waals surface area contributed by atoms with Crippen molar-refractivity contribution in [1.82, 2.24) is 4.90 Å². The summed E-state index contributed by atoms with van der Waals surface area (Å²) in [7, 11) is 0. The highest BCUT2D eigenvalue weighted by Crippen LogP contribution is 2.22. The standard InChI is InChI=1S/C17H21NO3/c1-13-6-7-14(16(20)11-13)5-3-2-4-9-18-10-8-15(19)12-17(18)21/h6-8,10,14H,1-5,9,11-12H2. The fraction of sp³-hybridized carbons (Fsp3) is 0.471. The molecular formula is C17H21NO3. The molecule has 4 nitrogen and oxygen atoms in total. The van der Waals surface area contributed by atoms with Crippen LogP contribution in [0.3, 0.4) is 0 Å². The van der Waals surface area contributed by atoms with Gasteiger partial charge in [0.05, 0.1) is 6.42 Å². The lowest BCUT2D eigenvalue weighted by Crippen LogP contribution is -2.31. The number of ketones is 2. The minimum Gasteiger partial charge on any atom is -0.319 e. The van der Waals surface area contributed by atoms with Crippen LogP contribution in [0.4, 0.5) is 0 Å². The third kappa shape index (κ3) is 4.52. The Morgan fingerprint density at radius 2 is 1.90 bits per heavy atom. The number of unbranched alkanes of at least 4 members (excludes halogenated alkanes) is 2. The van der Waals surface area contributed by atoms with Crippen LogP contribution in [0, 0.1) is 5.92 Å². The van der Waals surface area contributed by atoms with Crippen LogP contribution in [0.5, 0.6) is 0 Å². The molecule has 0 saturated heterocycles. The van der Waals surface area contributed by atoms with E-state index in [9.17, 15) is 14.4 Å². The van der Waals surface area contributed by atoms with Crippen LogP contribution in [-0.2, 0) is 14.4 Å². The fourth-order valence-electron chi connectivity index (χ4n) is 2.62. The summed E-state index contributed by atoms with van der Waals surface area (Å²) < 4.78 is 0. The topological polar surface area (TPSA) is 54.5 Å². The smallest absolute Gasteiger partial charge is 0.234 e. The van der Waals surface area contributed by atoms with Gasteiger partial charge in [-0.2, -0.15) is 0 Å². The molecule has 0 spiro atoms. The second kappa shape index (κ2) is 7.16. The van der Waals surface area contributed by atoms with E-state index in [1.165, 1.54) is 6.08 Å². The number of rotatable bonds is 6. The maximum atomic E-state index is 11.8. The number of Topliss-reactive ketones (excluding diaryl/α,β-unsaturated/α-hetero) is 1. The predicted octanol–water partition coefficient (Wildman–Crippen LogP) is 2.56. The molecular weight excluding hydrogens is 266 g/mol. The monoisotopic (exact) mass is 287 g/mol. The molecule has 1 atom stereocenters. The van der Waals surface area contributed by atoms with Gasteiger partial charge in [-0.25, -0.2) is 0 Å². The Balaban J connectivity index is 1.64. The molecule has 1 aliphatic carbocycles. The van der Waals surface area contributed by atoms with Crippen LogP contribution in [0.1, 0.15) is 38.5 Å². The van der Waals surface area contributed by atoms with Gasteiger partial charge in [-0.3, -0.25) is 14.4 Å². The van der Waals surface area contributed by atoms with Gasteiger partial charge in [-0.15, -0.1) is 0 Å². The van der Waals surface area contributed by atoms with Gasteiger partial charge in [-0.05, 0) is 24.5 Å². The largest absolute Gasteiger partial charge is 0.319 e. The Hall–Kier alpha value is -1.97. The van der Waals surface area contributed by atoms with Crippen LogP contribution < -0.4 is 0 Å². The van der Waals surface area contributed by atoms with E-state index >= 15 is 0 Å². The normalized spacial score (nSPS) is 22.3. The molecule has 0 aromatic carbocycles. The number of amides is 1. The Morgan fingerprint density at radius 3 is 2.62 bits per heavy atom. The first-order valence-electron chi connectivity index (χ1n) is 7.45. The number of carbonyl (C=O) groups excluding carboxylic acids is 3. The molecule has 0 fully saturated rings. The van der Waals surface area contributed by atoms with Gasteiger partial charge in [0.2, 0.25) is 5.91 Å². The average Bonchev–Trinajstić information content (AvgIpc) is 2.42. The number of nitrogens with zero attached hydrogens (tertiary/aromatic N) is 1. The zero-order valence-electron chi connectivity index (χ0n) is 12.2. The van der Waals surface area contributed by atoms with Gasteiger partial charge >= 0.3 is 0 Å². The second-order valence-electron chi connectivity index (χ2n) is 5.66. The summed E-state index contributed by atoms with van der Waals surface area (Å²) >= 11 is 0. The van der Waals surface area contributed by atoms with E-state index < -0.39 is 0 Å². The van der Waals surface area contributed by atoms with Crippen LogP contribution >= 0.6 is 0 Å². The van der Waals surface area contributed by atoms with Crippen molar-refractivity contribution in [2.45, 2.75) is 38.5 Å². The summed E-state index contributed by atoms with van der Waals surface area (Å²) in [6.45, 7) is 4.44. The first-order valence-corrected chi connectivity index (χ1v) is 7.45. The van der Waals surface area contributed by atoms with Crippen molar-refractivity contribution < 1.29 is 14.4 Å². The highest BCUT2D eigenvalue weighted by molar-refractivity contribution is 6.06. The summed E-state index contributed by atoms with van der Waals surface area (Å²) in [5, 5.41) is 0. The zero-order valence-corrected chi connectivity index (χ0v) is 12.2. The van der Waals surface area contributed by atoms with Crippen LogP contribution in [0.15, 0.2) is 36.6 Å². The van der Waals surface area contributed by atoms with E-state index in [4.69, 9.17) is 0 Å². The van der Waals surface area contributed by atoms with Gasteiger partial charge < -0.3 is 4.90 Å². The minimum absolute atomic E-state index is 0.0121. The first kappa shape index (κ1) is 15.4. The summed E-state index contributed by atoms with van der Waals surface area (Å²) in [5.41, 5.74) is 0.890. The highest BCUT2D eigenvalue weighted by Gasteiger charge is 2.20. The maximum Gasteiger partial charge on any atom is 0.234 e. The molecule has 2 rings (SSSR count). The summed E-state index contributed by atoms with van der Waals surface area (Å²) in [6.07, 6.45) is 11.1. The van der Waals surface area contributed by atoms with Crippen molar-refractivity contribution in [3.05, 3.63) is 36.6 Å². The number of hydrogen-bond acceptors (Lipinski definition) is 3. The lowest BCUT2D eigenvalue weighted by molar-refractivity contribution is -0.133. The van der Waals surface area contributed by atoms with E-state index in [0.717, 1.165) is 31.3 Å².